The summed E-state index contributed by atoms with van der Waals surface area (Å²) in [5.41, 5.74) is 2.80. The van der Waals surface area contributed by atoms with Gasteiger partial charge in [-0.2, -0.15) is 5.10 Å². The summed E-state index contributed by atoms with van der Waals surface area (Å²) in [6.07, 6.45) is 1.91. The van der Waals surface area contributed by atoms with Gasteiger partial charge in [0.05, 0.1) is 30.9 Å². The van der Waals surface area contributed by atoms with E-state index in [0.29, 0.717) is 23.6 Å². The molecule has 9 heteroatoms. The molecule has 0 fully saturated rings. The number of methoxy groups -OCH3 is 1. The molecule has 1 amide bonds. The Morgan fingerprint density at radius 2 is 1.91 bits per heavy atom. The van der Waals surface area contributed by atoms with Crippen molar-refractivity contribution in [2.24, 2.45) is 5.10 Å². The van der Waals surface area contributed by atoms with E-state index in [9.17, 15) is 13.2 Å². The first-order valence-corrected chi connectivity index (χ1v) is 11.8. The fourth-order valence-corrected chi connectivity index (χ4v) is 4.19. The van der Waals surface area contributed by atoms with Gasteiger partial charge in [-0.15, -0.1) is 0 Å². The molecular weight excluding hydrogens is 430 g/mol. The van der Waals surface area contributed by atoms with Gasteiger partial charge >= 0.3 is 5.91 Å². The Balaban J connectivity index is 1.67. The fraction of sp³-hybridized carbons (Fsp3) is 0.217. The van der Waals surface area contributed by atoms with E-state index in [4.69, 9.17) is 9.15 Å². The summed E-state index contributed by atoms with van der Waals surface area (Å²) in [6, 6.07) is 17.3. The van der Waals surface area contributed by atoms with Gasteiger partial charge < -0.3 is 9.15 Å². The van der Waals surface area contributed by atoms with E-state index in [-0.39, 0.29) is 23.5 Å². The molecule has 4 rings (SSSR count). The van der Waals surface area contributed by atoms with E-state index in [1.165, 1.54) is 11.3 Å². The van der Waals surface area contributed by atoms with Crippen molar-refractivity contribution in [3.8, 4) is 5.75 Å². The third-order valence-corrected chi connectivity index (χ3v) is 6.53. The third kappa shape index (κ3) is 4.38. The van der Waals surface area contributed by atoms with E-state index in [2.05, 4.69) is 9.82 Å². The number of nitrogens with one attached hydrogen (secondary N) is 1. The maximum absolute atomic E-state index is 13.1. The van der Waals surface area contributed by atoms with Crippen LogP contribution in [0.4, 0.5) is 5.69 Å². The topological polar surface area (TPSA) is 101 Å². The van der Waals surface area contributed by atoms with Crippen molar-refractivity contribution in [3.63, 3.8) is 0 Å². The second-order valence-electron chi connectivity index (χ2n) is 7.22. The number of ether oxygens (including phenoxy) is 1. The number of carbonyl (C=O) groups is 1. The predicted octanol–water partition coefficient (Wildman–Crippen LogP) is 4.04. The van der Waals surface area contributed by atoms with Crippen LogP contribution in [0.1, 0.15) is 41.1 Å². The van der Waals surface area contributed by atoms with Gasteiger partial charge in [-0.1, -0.05) is 30.3 Å². The minimum atomic E-state index is -3.36. The number of carbonyl (C=O) groups excluding carboxylic acids is 1. The van der Waals surface area contributed by atoms with Crippen molar-refractivity contribution in [2.75, 3.05) is 17.6 Å². The van der Waals surface area contributed by atoms with Crippen LogP contribution in [-0.4, -0.2) is 37.9 Å². The Morgan fingerprint density at radius 1 is 1.16 bits per heavy atom. The second kappa shape index (κ2) is 8.88. The van der Waals surface area contributed by atoms with Crippen LogP contribution in [0.2, 0.25) is 0 Å². The highest BCUT2D eigenvalue weighted by Gasteiger charge is 2.36. The van der Waals surface area contributed by atoms with E-state index in [0.717, 1.165) is 11.1 Å². The summed E-state index contributed by atoms with van der Waals surface area (Å²) < 4.78 is 36.9. The van der Waals surface area contributed by atoms with Gasteiger partial charge in [0.1, 0.15) is 5.75 Å². The zero-order valence-corrected chi connectivity index (χ0v) is 18.5. The van der Waals surface area contributed by atoms with Gasteiger partial charge in [0.15, 0.2) is 5.76 Å². The summed E-state index contributed by atoms with van der Waals surface area (Å²) in [7, 11) is -1.77. The summed E-state index contributed by atoms with van der Waals surface area (Å²) >= 11 is 0. The number of hydrazone groups is 1. The van der Waals surface area contributed by atoms with Crippen molar-refractivity contribution in [1.82, 2.24) is 5.01 Å². The molecule has 2 heterocycles. The lowest BCUT2D eigenvalue weighted by Gasteiger charge is -2.22. The van der Waals surface area contributed by atoms with Gasteiger partial charge in [0.2, 0.25) is 10.0 Å². The van der Waals surface area contributed by atoms with Crippen LogP contribution in [0.15, 0.2) is 76.4 Å². The molecule has 1 aromatic heterocycles. The maximum Gasteiger partial charge on any atom is 0.310 e. The monoisotopic (exact) mass is 453 g/mol. The number of rotatable bonds is 7. The molecule has 1 unspecified atom stereocenters. The Hall–Kier alpha value is -3.59. The number of furan rings is 1. The number of hydrogen-bond acceptors (Lipinski definition) is 6. The quantitative estimate of drug-likeness (QED) is 0.582. The lowest BCUT2D eigenvalue weighted by Crippen LogP contribution is -2.27. The molecule has 2 aromatic carbocycles. The molecule has 0 saturated carbocycles. The van der Waals surface area contributed by atoms with Crippen molar-refractivity contribution in [1.29, 1.82) is 0 Å². The minimum absolute atomic E-state index is 0.00804. The van der Waals surface area contributed by atoms with Crippen LogP contribution in [0.25, 0.3) is 0 Å². The summed E-state index contributed by atoms with van der Waals surface area (Å²) in [5, 5.41) is 6.03. The zero-order chi connectivity index (χ0) is 22.7. The SMILES string of the molecule is CCS(=O)(=O)Nc1ccc(C2=NN(C(=O)c3ccco3)C(c3ccccc3OC)C2)cc1. The molecule has 0 spiro atoms. The van der Waals surface area contributed by atoms with Crippen LogP contribution in [0, 0.1) is 0 Å². The van der Waals surface area contributed by atoms with Gasteiger partial charge in [0, 0.05) is 17.7 Å². The second-order valence-corrected chi connectivity index (χ2v) is 9.23. The highest BCUT2D eigenvalue weighted by molar-refractivity contribution is 7.92. The highest BCUT2D eigenvalue weighted by Crippen LogP contribution is 2.38. The molecule has 32 heavy (non-hydrogen) atoms. The van der Waals surface area contributed by atoms with E-state index in [1.807, 2.05) is 24.3 Å². The summed E-state index contributed by atoms with van der Waals surface area (Å²) in [6.45, 7) is 1.58. The number of amides is 1. The maximum atomic E-state index is 13.1. The van der Waals surface area contributed by atoms with Crippen molar-refractivity contribution >= 4 is 27.3 Å². The van der Waals surface area contributed by atoms with Crippen molar-refractivity contribution in [3.05, 3.63) is 83.8 Å². The van der Waals surface area contributed by atoms with Crippen LogP contribution >= 0.6 is 0 Å². The average molecular weight is 454 g/mol. The van der Waals surface area contributed by atoms with Gasteiger partial charge in [0.25, 0.3) is 0 Å². The molecule has 0 aliphatic carbocycles. The number of para-hydroxylation sites is 1. The highest BCUT2D eigenvalue weighted by atomic mass is 32.2. The summed E-state index contributed by atoms with van der Waals surface area (Å²) in [5.74, 6) is 0.495. The number of nitrogens with zero attached hydrogens (tertiary/aromatic N) is 2. The molecule has 0 saturated heterocycles. The molecule has 0 radical (unpaired) electrons. The molecule has 166 valence electrons. The van der Waals surface area contributed by atoms with Crippen molar-refractivity contribution < 1.29 is 22.4 Å². The standard InChI is InChI=1S/C23H23N3O5S/c1-3-32(28,29)25-17-12-10-16(11-13-17)19-15-20(18-7-4-5-8-21(18)30-2)26(24-19)23(27)22-9-6-14-31-22/h4-14,20,25H,3,15H2,1-2H3. The largest absolute Gasteiger partial charge is 0.496 e. The molecule has 1 atom stereocenters. The van der Waals surface area contributed by atoms with Crippen molar-refractivity contribution in [2.45, 2.75) is 19.4 Å². The van der Waals surface area contributed by atoms with E-state index < -0.39 is 10.0 Å². The minimum Gasteiger partial charge on any atom is -0.496 e. The molecular formula is C23H23N3O5S. The summed E-state index contributed by atoms with van der Waals surface area (Å²) in [4.78, 5) is 13.1. The van der Waals surface area contributed by atoms with E-state index in [1.54, 1.807) is 50.4 Å². The number of benzene rings is 2. The molecule has 0 bridgehead atoms. The Bertz CT molecular complexity index is 1230. The Morgan fingerprint density at radius 3 is 2.56 bits per heavy atom. The normalized spacial score (nSPS) is 16.0. The lowest BCUT2D eigenvalue weighted by atomic mass is 9.97. The van der Waals surface area contributed by atoms with Crippen LogP contribution in [0.5, 0.6) is 5.75 Å². The Kier molecular flexibility index (Phi) is 6.00. The lowest BCUT2D eigenvalue weighted by molar-refractivity contribution is 0.0677. The predicted molar refractivity (Wildman–Crippen MR) is 121 cm³/mol. The average Bonchev–Trinajstić information content (AvgIpc) is 3.49. The van der Waals surface area contributed by atoms with Gasteiger partial charge in [-0.3, -0.25) is 9.52 Å². The van der Waals surface area contributed by atoms with E-state index >= 15 is 0 Å². The molecule has 3 aromatic rings. The number of sulfonamides is 1. The van der Waals surface area contributed by atoms with Gasteiger partial charge in [-0.05, 0) is 42.8 Å². The fourth-order valence-electron chi connectivity index (χ4n) is 3.55. The van der Waals surface area contributed by atoms with Gasteiger partial charge in [-0.25, -0.2) is 13.4 Å². The first kappa shape index (κ1) is 21.6. The van der Waals surface area contributed by atoms with Crippen LogP contribution in [0.3, 0.4) is 0 Å². The number of anilines is 1. The number of hydrogen-bond donors (Lipinski definition) is 1. The molecule has 1 aliphatic rings. The first-order chi connectivity index (χ1) is 15.4. The first-order valence-electron chi connectivity index (χ1n) is 10.1. The molecule has 1 aliphatic heterocycles. The molecule has 1 N–H and O–H groups in total. The van der Waals surface area contributed by atoms with Crippen LogP contribution < -0.4 is 9.46 Å². The Labute approximate surface area is 186 Å². The molecule has 8 nitrogen and oxygen atoms in total. The van der Waals surface area contributed by atoms with Crippen LogP contribution in [-0.2, 0) is 10.0 Å². The smallest absolute Gasteiger partial charge is 0.310 e. The third-order valence-electron chi connectivity index (χ3n) is 5.22. The zero-order valence-electron chi connectivity index (χ0n) is 17.7.